The Hall–Kier alpha value is -3.61. The highest BCUT2D eigenvalue weighted by atomic mass is 35.5. The monoisotopic (exact) mass is 480 g/mol. The highest BCUT2D eigenvalue weighted by molar-refractivity contribution is 6.31. The maximum atomic E-state index is 13.1. The number of benzene rings is 3. The molecule has 0 unspecified atom stereocenters. The molecule has 0 aliphatic rings. The highest BCUT2D eigenvalue weighted by Crippen LogP contribution is 2.31. The number of rotatable bonds is 5. The summed E-state index contributed by atoms with van der Waals surface area (Å²) < 4.78 is 6.54. The molecule has 1 aromatic heterocycles. The average molecular weight is 481 g/mol. The summed E-state index contributed by atoms with van der Waals surface area (Å²) >= 11 is 11.9. The second kappa shape index (κ2) is 9.48. The van der Waals surface area contributed by atoms with Crippen LogP contribution in [-0.2, 0) is 16.6 Å². The smallest absolute Gasteiger partial charge is 0.356 e. The lowest BCUT2D eigenvalue weighted by molar-refractivity contribution is -0.119. The van der Waals surface area contributed by atoms with E-state index in [1.807, 2.05) is 0 Å². The summed E-state index contributed by atoms with van der Waals surface area (Å²) in [5.74, 6) is -1.32. The van der Waals surface area contributed by atoms with E-state index in [1.165, 1.54) is 11.6 Å². The van der Waals surface area contributed by atoms with Crippen molar-refractivity contribution in [2.75, 3.05) is 11.9 Å². The van der Waals surface area contributed by atoms with Crippen molar-refractivity contribution in [3.05, 3.63) is 98.9 Å². The minimum absolute atomic E-state index is 0.0420. The Kier molecular flexibility index (Phi) is 6.49. The summed E-state index contributed by atoms with van der Waals surface area (Å²) in [5.41, 5.74) is 1.41. The number of esters is 1. The van der Waals surface area contributed by atoms with Crippen LogP contribution in [0.4, 0.5) is 5.69 Å². The number of aromatic nitrogens is 1. The van der Waals surface area contributed by atoms with Gasteiger partial charge in [0.1, 0.15) is 5.69 Å². The zero-order chi connectivity index (χ0) is 23.5. The molecule has 0 saturated heterocycles. The van der Waals surface area contributed by atoms with Crippen LogP contribution in [0.25, 0.3) is 21.9 Å². The predicted octanol–water partition coefficient (Wildman–Crippen LogP) is 5.31. The van der Waals surface area contributed by atoms with Crippen LogP contribution in [0.2, 0.25) is 10.0 Å². The second-order valence-electron chi connectivity index (χ2n) is 7.27. The molecular formula is C25H18Cl2N2O4. The van der Waals surface area contributed by atoms with Crippen LogP contribution in [0.15, 0.2) is 77.6 Å². The van der Waals surface area contributed by atoms with Gasteiger partial charge in [-0.25, -0.2) is 4.79 Å². The van der Waals surface area contributed by atoms with Crippen LogP contribution in [0, 0.1) is 0 Å². The summed E-state index contributed by atoms with van der Waals surface area (Å²) in [5, 5.41) is 4.76. The van der Waals surface area contributed by atoms with Gasteiger partial charge in [-0.2, -0.15) is 0 Å². The number of amides is 1. The van der Waals surface area contributed by atoms with E-state index in [0.717, 1.165) is 0 Å². The molecule has 1 N–H and O–H groups in total. The lowest BCUT2D eigenvalue weighted by Gasteiger charge is -2.17. The lowest BCUT2D eigenvalue weighted by Crippen LogP contribution is -2.28. The van der Waals surface area contributed by atoms with Crippen molar-refractivity contribution in [3.63, 3.8) is 0 Å². The first-order valence-electron chi connectivity index (χ1n) is 9.95. The Labute approximate surface area is 199 Å². The lowest BCUT2D eigenvalue weighted by atomic mass is 9.97. The summed E-state index contributed by atoms with van der Waals surface area (Å²) in [6.45, 7) is -0.525. The number of nitrogens with one attached hydrogen (secondary N) is 1. The van der Waals surface area contributed by atoms with Gasteiger partial charge in [0.2, 0.25) is 0 Å². The fourth-order valence-corrected chi connectivity index (χ4v) is 3.79. The number of hydrogen-bond acceptors (Lipinski definition) is 4. The summed E-state index contributed by atoms with van der Waals surface area (Å²) in [7, 11) is 1.50. The molecule has 3 aromatic carbocycles. The third kappa shape index (κ3) is 4.77. The molecule has 6 nitrogen and oxygen atoms in total. The Bertz CT molecular complexity index is 1410. The molecule has 1 amide bonds. The van der Waals surface area contributed by atoms with Crippen LogP contribution in [0.5, 0.6) is 0 Å². The van der Waals surface area contributed by atoms with Gasteiger partial charge in [0.05, 0.1) is 0 Å². The van der Waals surface area contributed by atoms with Gasteiger partial charge in [-0.15, -0.1) is 0 Å². The fourth-order valence-electron chi connectivity index (χ4n) is 3.54. The first-order valence-corrected chi connectivity index (χ1v) is 10.7. The van der Waals surface area contributed by atoms with E-state index in [9.17, 15) is 14.4 Å². The Morgan fingerprint density at radius 2 is 1.45 bits per heavy atom. The van der Waals surface area contributed by atoms with E-state index in [-0.39, 0.29) is 11.3 Å². The second-order valence-corrected chi connectivity index (χ2v) is 8.14. The van der Waals surface area contributed by atoms with Crippen molar-refractivity contribution in [1.82, 2.24) is 4.57 Å². The molecule has 0 spiro atoms. The fraction of sp³-hybridized carbons (Fsp3) is 0.0800. The van der Waals surface area contributed by atoms with Gasteiger partial charge in [0, 0.05) is 33.7 Å². The number of ether oxygens (including phenoxy) is 1. The number of hydrogen-bond donors (Lipinski definition) is 1. The largest absolute Gasteiger partial charge is 0.451 e. The zero-order valence-electron chi connectivity index (χ0n) is 17.5. The average Bonchev–Trinajstić information content (AvgIpc) is 2.82. The molecule has 166 valence electrons. The van der Waals surface area contributed by atoms with Crippen molar-refractivity contribution >= 4 is 51.5 Å². The van der Waals surface area contributed by atoms with Gasteiger partial charge in [-0.1, -0.05) is 53.5 Å². The van der Waals surface area contributed by atoms with Crippen molar-refractivity contribution in [2.45, 2.75) is 0 Å². The number of carbonyl (C=O) groups excluding carboxylic acids is 2. The number of pyridine rings is 1. The summed E-state index contributed by atoms with van der Waals surface area (Å²) in [6, 6.07) is 20.5. The molecule has 33 heavy (non-hydrogen) atoms. The van der Waals surface area contributed by atoms with Crippen molar-refractivity contribution in [3.8, 4) is 11.1 Å². The van der Waals surface area contributed by atoms with Crippen molar-refractivity contribution in [1.29, 1.82) is 0 Å². The molecule has 4 aromatic rings. The molecule has 1 heterocycles. The van der Waals surface area contributed by atoms with Gasteiger partial charge in [0.25, 0.3) is 11.5 Å². The van der Waals surface area contributed by atoms with E-state index >= 15 is 0 Å². The van der Waals surface area contributed by atoms with Crippen molar-refractivity contribution in [2.24, 2.45) is 7.05 Å². The molecule has 8 heteroatoms. The predicted molar refractivity (Wildman–Crippen MR) is 130 cm³/mol. The van der Waals surface area contributed by atoms with Crippen LogP contribution >= 0.6 is 23.2 Å². The van der Waals surface area contributed by atoms with Crippen LogP contribution in [0.3, 0.4) is 0 Å². The third-order valence-corrected chi connectivity index (χ3v) is 5.60. The van der Waals surface area contributed by atoms with Gasteiger partial charge >= 0.3 is 5.97 Å². The van der Waals surface area contributed by atoms with Gasteiger partial charge < -0.3 is 14.6 Å². The van der Waals surface area contributed by atoms with Gasteiger partial charge in [0.15, 0.2) is 6.61 Å². The standard InChI is InChI=1S/C25H18Cl2N2O4/c1-29-23(25(32)33-14-21(30)28-18-12-10-17(27)11-13-18)22(15-6-8-16(26)9-7-15)19-4-2-3-5-20(19)24(29)31/h2-13H,14H2,1H3,(H,28,30). The molecule has 4 rings (SSSR count). The molecule has 0 bridgehead atoms. The molecule has 0 saturated carbocycles. The minimum Gasteiger partial charge on any atom is -0.451 e. The summed E-state index contributed by atoms with van der Waals surface area (Å²) in [6.07, 6.45) is 0. The third-order valence-electron chi connectivity index (χ3n) is 5.09. The number of nitrogens with zero attached hydrogens (tertiary/aromatic N) is 1. The number of halogens is 2. The normalized spacial score (nSPS) is 10.8. The maximum Gasteiger partial charge on any atom is 0.356 e. The highest BCUT2D eigenvalue weighted by Gasteiger charge is 2.23. The van der Waals surface area contributed by atoms with Gasteiger partial charge in [-0.3, -0.25) is 9.59 Å². The molecule has 0 fully saturated rings. The molecular weight excluding hydrogens is 463 g/mol. The zero-order valence-corrected chi connectivity index (χ0v) is 19.0. The molecule has 0 radical (unpaired) electrons. The maximum absolute atomic E-state index is 13.1. The van der Waals surface area contributed by atoms with Gasteiger partial charge in [-0.05, 0) is 53.4 Å². The first kappa shape index (κ1) is 22.6. The number of fused-ring (bicyclic) bond motifs is 1. The van der Waals surface area contributed by atoms with Crippen molar-refractivity contribution < 1.29 is 14.3 Å². The van der Waals surface area contributed by atoms with E-state index < -0.39 is 18.5 Å². The molecule has 0 aliphatic carbocycles. The number of carbonyl (C=O) groups is 2. The van der Waals surface area contributed by atoms with E-state index in [0.29, 0.717) is 37.6 Å². The first-order chi connectivity index (χ1) is 15.8. The van der Waals surface area contributed by atoms with E-state index in [1.54, 1.807) is 72.8 Å². The quantitative estimate of drug-likeness (QED) is 0.392. The van der Waals surface area contributed by atoms with Crippen LogP contribution < -0.4 is 10.9 Å². The van der Waals surface area contributed by atoms with Crippen LogP contribution in [-0.4, -0.2) is 23.1 Å². The SMILES string of the molecule is Cn1c(C(=O)OCC(=O)Nc2ccc(Cl)cc2)c(-c2ccc(Cl)cc2)c2ccccc2c1=O. The Balaban J connectivity index is 1.69. The van der Waals surface area contributed by atoms with E-state index in [4.69, 9.17) is 27.9 Å². The number of anilines is 1. The summed E-state index contributed by atoms with van der Waals surface area (Å²) in [4.78, 5) is 38.3. The minimum atomic E-state index is -0.795. The topological polar surface area (TPSA) is 77.4 Å². The Morgan fingerprint density at radius 1 is 0.879 bits per heavy atom. The Morgan fingerprint density at radius 3 is 2.09 bits per heavy atom. The molecule has 0 atom stereocenters. The van der Waals surface area contributed by atoms with Crippen LogP contribution in [0.1, 0.15) is 10.5 Å². The molecule has 0 aliphatic heterocycles. The van der Waals surface area contributed by atoms with E-state index in [2.05, 4.69) is 5.32 Å².